The van der Waals surface area contributed by atoms with Crippen LogP contribution < -0.4 is 31.3 Å². The third-order valence-corrected chi connectivity index (χ3v) is 4.73. The lowest BCUT2D eigenvalue weighted by Crippen LogP contribution is -3.00. The SMILES string of the molecule is COc1ccc(N=c2scc(-c3ccc(OC)cc3F)n2CCO)cc1.[Br-]. The lowest BCUT2D eigenvalue weighted by atomic mass is 10.1. The molecule has 144 valence electrons. The van der Waals surface area contributed by atoms with Gasteiger partial charge in [-0.15, -0.1) is 11.3 Å². The van der Waals surface area contributed by atoms with Gasteiger partial charge in [-0.2, -0.15) is 0 Å². The highest BCUT2D eigenvalue weighted by atomic mass is 79.9. The number of ether oxygens (including phenoxy) is 2. The first-order chi connectivity index (χ1) is 12.7. The maximum absolute atomic E-state index is 14.5. The maximum atomic E-state index is 14.5. The van der Waals surface area contributed by atoms with Gasteiger partial charge in [0, 0.05) is 23.6 Å². The minimum atomic E-state index is -0.384. The average molecular weight is 454 g/mol. The number of thiazole rings is 1. The van der Waals surface area contributed by atoms with Crippen LogP contribution in [0.25, 0.3) is 11.3 Å². The quantitative estimate of drug-likeness (QED) is 0.594. The van der Waals surface area contributed by atoms with Gasteiger partial charge in [0.2, 0.25) is 0 Å². The van der Waals surface area contributed by atoms with Crippen molar-refractivity contribution in [3.05, 3.63) is 58.5 Å². The van der Waals surface area contributed by atoms with Crippen LogP contribution in [-0.4, -0.2) is 30.5 Å². The first-order valence-corrected chi connectivity index (χ1v) is 8.86. The van der Waals surface area contributed by atoms with E-state index in [1.807, 2.05) is 29.6 Å². The van der Waals surface area contributed by atoms with Crippen LogP contribution in [0.1, 0.15) is 0 Å². The van der Waals surface area contributed by atoms with Crippen molar-refractivity contribution in [1.29, 1.82) is 0 Å². The number of rotatable bonds is 6. The Bertz CT molecular complexity index is 954. The van der Waals surface area contributed by atoms with E-state index in [1.54, 1.807) is 23.8 Å². The Labute approximate surface area is 171 Å². The fourth-order valence-corrected chi connectivity index (χ4v) is 3.49. The molecule has 0 bridgehead atoms. The number of benzene rings is 2. The summed E-state index contributed by atoms with van der Waals surface area (Å²) in [6.45, 7) is 0.247. The fourth-order valence-electron chi connectivity index (χ4n) is 2.55. The number of halogens is 2. The molecular weight excluding hydrogens is 435 g/mol. The summed E-state index contributed by atoms with van der Waals surface area (Å²) in [6, 6.07) is 12.1. The fraction of sp³-hybridized carbons (Fsp3) is 0.211. The van der Waals surface area contributed by atoms with Crippen molar-refractivity contribution in [3.8, 4) is 22.8 Å². The smallest absolute Gasteiger partial charge is 0.190 e. The first-order valence-electron chi connectivity index (χ1n) is 7.98. The summed E-state index contributed by atoms with van der Waals surface area (Å²) in [7, 11) is 3.10. The van der Waals surface area contributed by atoms with Crippen LogP contribution in [0.15, 0.2) is 52.8 Å². The topological polar surface area (TPSA) is 56.0 Å². The van der Waals surface area contributed by atoms with E-state index >= 15 is 0 Å². The highest BCUT2D eigenvalue weighted by molar-refractivity contribution is 7.07. The van der Waals surface area contributed by atoms with Crippen LogP contribution >= 0.6 is 11.3 Å². The molecule has 3 rings (SSSR count). The molecule has 1 heterocycles. The van der Waals surface area contributed by atoms with E-state index < -0.39 is 0 Å². The zero-order valence-electron chi connectivity index (χ0n) is 14.9. The van der Waals surface area contributed by atoms with Gasteiger partial charge in [0.15, 0.2) is 4.80 Å². The van der Waals surface area contributed by atoms with E-state index in [4.69, 9.17) is 9.47 Å². The molecule has 0 saturated carbocycles. The van der Waals surface area contributed by atoms with E-state index in [0.717, 1.165) is 11.4 Å². The van der Waals surface area contributed by atoms with Crippen molar-refractivity contribution < 1.29 is 36.0 Å². The second-order valence-corrected chi connectivity index (χ2v) is 6.27. The number of hydrogen-bond donors (Lipinski definition) is 1. The molecule has 2 aromatic carbocycles. The Morgan fingerprint density at radius 2 is 1.74 bits per heavy atom. The summed E-state index contributed by atoms with van der Waals surface area (Å²) in [5, 5.41) is 11.3. The Balaban J connectivity index is 0.00000261. The molecule has 27 heavy (non-hydrogen) atoms. The third-order valence-electron chi connectivity index (χ3n) is 3.87. The van der Waals surface area contributed by atoms with Crippen LogP contribution in [-0.2, 0) is 6.54 Å². The summed E-state index contributed by atoms with van der Waals surface area (Å²) in [4.78, 5) is 5.29. The predicted molar refractivity (Wildman–Crippen MR) is 99.6 cm³/mol. The normalized spacial score (nSPS) is 11.2. The lowest BCUT2D eigenvalue weighted by Gasteiger charge is -2.09. The molecule has 0 spiro atoms. The van der Waals surface area contributed by atoms with E-state index in [9.17, 15) is 9.50 Å². The zero-order chi connectivity index (χ0) is 18.5. The Morgan fingerprint density at radius 3 is 2.33 bits per heavy atom. The zero-order valence-corrected chi connectivity index (χ0v) is 17.3. The van der Waals surface area contributed by atoms with Gasteiger partial charge in [0.05, 0.1) is 32.2 Å². The number of aliphatic hydroxyl groups excluding tert-OH is 1. The van der Waals surface area contributed by atoms with E-state index in [0.29, 0.717) is 28.4 Å². The Hall–Kier alpha value is -2.16. The van der Waals surface area contributed by atoms with E-state index in [-0.39, 0.29) is 29.4 Å². The van der Waals surface area contributed by atoms with Crippen molar-refractivity contribution in [2.45, 2.75) is 6.54 Å². The first kappa shape index (κ1) is 21.1. The molecule has 0 aliphatic heterocycles. The second-order valence-electron chi connectivity index (χ2n) is 5.43. The van der Waals surface area contributed by atoms with Gasteiger partial charge in [-0.25, -0.2) is 9.38 Å². The summed E-state index contributed by atoms with van der Waals surface area (Å²) in [5.74, 6) is 0.822. The highest BCUT2D eigenvalue weighted by Crippen LogP contribution is 2.27. The molecule has 0 fully saturated rings. The molecule has 0 aliphatic rings. The van der Waals surface area contributed by atoms with E-state index in [1.165, 1.54) is 24.5 Å². The summed E-state index contributed by atoms with van der Waals surface area (Å²) < 4.78 is 26.5. The van der Waals surface area contributed by atoms with Gasteiger partial charge in [-0.1, -0.05) is 0 Å². The van der Waals surface area contributed by atoms with Gasteiger partial charge < -0.3 is 36.1 Å². The molecule has 1 aromatic heterocycles. The molecule has 0 aliphatic carbocycles. The van der Waals surface area contributed by atoms with Crippen molar-refractivity contribution in [2.75, 3.05) is 20.8 Å². The highest BCUT2D eigenvalue weighted by Gasteiger charge is 2.13. The summed E-state index contributed by atoms with van der Waals surface area (Å²) >= 11 is 1.39. The van der Waals surface area contributed by atoms with Crippen LogP contribution in [0.3, 0.4) is 0 Å². The molecular formula is C19H19BrFN2O3S-. The molecule has 5 nitrogen and oxygen atoms in total. The van der Waals surface area contributed by atoms with Crippen molar-refractivity contribution in [3.63, 3.8) is 0 Å². The predicted octanol–water partition coefficient (Wildman–Crippen LogP) is 0.602. The number of hydrogen-bond acceptors (Lipinski definition) is 5. The van der Waals surface area contributed by atoms with Gasteiger partial charge >= 0.3 is 0 Å². The van der Waals surface area contributed by atoms with Gasteiger partial charge in [-0.3, -0.25) is 0 Å². The lowest BCUT2D eigenvalue weighted by molar-refractivity contribution is -0.00000756. The number of aliphatic hydroxyl groups is 1. The van der Waals surface area contributed by atoms with Crippen LogP contribution in [0.5, 0.6) is 11.5 Å². The van der Waals surface area contributed by atoms with Crippen LogP contribution in [0.4, 0.5) is 10.1 Å². The molecule has 0 atom stereocenters. The number of nitrogens with zero attached hydrogens (tertiary/aromatic N) is 2. The van der Waals surface area contributed by atoms with Gasteiger partial charge in [0.1, 0.15) is 17.3 Å². The number of aromatic nitrogens is 1. The molecule has 0 unspecified atom stereocenters. The second kappa shape index (κ2) is 9.68. The molecule has 0 saturated heterocycles. The molecule has 0 amide bonds. The van der Waals surface area contributed by atoms with Crippen molar-refractivity contribution in [2.24, 2.45) is 4.99 Å². The summed E-state index contributed by atoms with van der Waals surface area (Å²) in [6.07, 6.45) is 0. The Morgan fingerprint density at radius 1 is 1.07 bits per heavy atom. The van der Waals surface area contributed by atoms with Gasteiger partial charge in [-0.05, 0) is 36.4 Å². The maximum Gasteiger partial charge on any atom is 0.190 e. The van der Waals surface area contributed by atoms with Crippen molar-refractivity contribution in [1.82, 2.24) is 4.57 Å². The summed E-state index contributed by atoms with van der Waals surface area (Å²) in [5.41, 5.74) is 1.85. The Kier molecular flexibility index (Phi) is 7.58. The average Bonchev–Trinajstić information content (AvgIpc) is 3.05. The molecule has 1 N–H and O–H groups in total. The van der Waals surface area contributed by atoms with Gasteiger partial charge in [0.25, 0.3) is 0 Å². The minimum absolute atomic E-state index is 0. The molecule has 3 aromatic rings. The largest absolute Gasteiger partial charge is 1.00 e. The van der Waals surface area contributed by atoms with Crippen LogP contribution in [0.2, 0.25) is 0 Å². The molecule has 0 radical (unpaired) electrons. The van der Waals surface area contributed by atoms with Crippen LogP contribution in [0, 0.1) is 5.82 Å². The minimum Gasteiger partial charge on any atom is -1.00 e. The van der Waals surface area contributed by atoms with Crippen molar-refractivity contribution >= 4 is 17.0 Å². The molecule has 8 heteroatoms. The standard InChI is InChI=1S/C19H19FN2O3S.BrH/c1-24-14-5-3-13(4-6-14)21-19-22(9-10-23)18(12-26-19)16-8-7-15(25-2)11-17(16)20;/h3-8,11-12,23H,9-10H2,1-2H3;1H/p-1. The monoisotopic (exact) mass is 453 g/mol. The third kappa shape index (κ3) is 4.77. The number of methoxy groups -OCH3 is 2. The van der Waals surface area contributed by atoms with E-state index in [2.05, 4.69) is 4.99 Å².